The van der Waals surface area contributed by atoms with Gasteiger partial charge in [-0.15, -0.1) is 0 Å². The van der Waals surface area contributed by atoms with Crippen LogP contribution in [-0.2, 0) is 9.59 Å². The number of amides is 2. The summed E-state index contributed by atoms with van der Waals surface area (Å²) < 4.78 is 5.39. The van der Waals surface area contributed by atoms with Crippen LogP contribution in [0, 0.1) is 5.92 Å². The first-order valence-electron chi connectivity index (χ1n) is 8.98. The summed E-state index contributed by atoms with van der Waals surface area (Å²) in [5, 5.41) is 3.06. The number of ether oxygens (including phenoxy) is 1. The van der Waals surface area contributed by atoms with Gasteiger partial charge in [0, 0.05) is 52.1 Å². The van der Waals surface area contributed by atoms with Crippen LogP contribution in [0.2, 0.25) is 0 Å². The predicted octanol–water partition coefficient (Wildman–Crippen LogP) is 1.08. The quantitative estimate of drug-likeness (QED) is 0.838. The third-order valence-corrected chi connectivity index (χ3v) is 5.21. The summed E-state index contributed by atoms with van der Waals surface area (Å²) in [5.74, 6) is 1.48. The molecule has 0 unspecified atom stereocenters. The normalized spacial score (nSPS) is 23.2. The van der Waals surface area contributed by atoms with E-state index in [0.717, 1.165) is 50.5 Å². The van der Waals surface area contributed by atoms with Gasteiger partial charge in [0.1, 0.15) is 5.75 Å². The van der Waals surface area contributed by atoms with E-state index in [1.54, 1.807) is 14.0 Å². The Morgan fingerprint density at radius 3 is 2.60 bits per heavy atom. The van der Waals surface area contributed by atoms with Crippen molar-refractivity contribution in [2.75, 3.05) is 46.4 Å². The van der Waals surface area contributed by atoms with E-state index in [1.807, 2.05) is 29.2 Å². The zero-order valence-electron chi connectivity index (χ0n) is 15.0. The van der Waals surface area contributed by atoms with Crippen molar-refractivity contribution in [2.24, 2.45) is 5.92 Å². The van der Waals surface area contributed by atoms with Crippen LogP contribution in [0.25, 0.3) is 0 Å². The Kier molecular flexibility index (Phi) is 5.58. The lowest BCUT2D eigenvalue weighted by Crippen LogP contribution is -2.49. The van der Waals surface area contributed by atoms with Crippen molar-refractivity contribution in [3.8, 4) is 5.75 Å². The predicted molar refractivity (Wildman–Crippen MR) is 95.5 cm³/mol. The van der Waals surface area contributed by atoms with Gasteiger partial charge in [0.25, 0.3) is 0 Å². The monoisotopic (exact) mass is 345 g/mol. The van der Waals surface area contributed by atoms with E-state index in [-0.39, 0.29) is 23.7 Å². The topological polar surface area (TPSA) is 61.9 Å². The van der Waals surface area contributed by atoms with Crippen LogP contribution in [-0.4, -0.2) is 68.0 Å². The summed E-state index contributed by atoms with van der Waals surface area (Å²) in [6.07, 6.45) is 0.892. The van der Waals surface area contributed by atoms with Gasteiger partial charge in [-0.2, -0.15) is 0 Å². The van der Waals surface area contributed by atoms with E-state index >= 15 is 0 Å². The number of para-hydroxylation sites is 1. The smallest absolute Gasteiger partial charge is 0.223 e. The highest BCUT2D eigenvalue weighted by atomic mass is 16.5. The van der Waals surface area contributed by atoms with E-state index in [1.165, 1.54) is 0 Å². The maximum atomic E-state index is 12.3. The Morgan fingerprint density at radius 1 is 1.20 bits per heavy atom. The number of methoxy groups -OCH3 is 1. The molecule has 2 aliphatic rings. The fourth-order valence-corrected chi connectivity index (χ4v) is 3.56. The van der Waals surface area contributed by atoms with Gasteiger partial charge in [-0.25, -0.2) is 0 Å². The molecule has 1 aromatic carbocycles. The molecule has 0 spiro atoms. The molecule has 1 N–H and O–H groups in total. The lowest BCUT2D eigenvalue weighted by Gasteiger charge is -2.34. The van der Waals surface area contributed by atoms with Gasteiger partial charge >= 0.3 is 0 Å². The van der Waals surface area contributed by atoms with E-state index in [4.69, 9.17) is 4.74 Å². The number of rotatable bonds is 6. The maximum absolute atomic E-state index is 12.3. The van der Waals surface area contributed by atoms with Gasteiger partial charge in [0.15, 0.2) is 0 Å². The zero-order valence-corrected chi connectivity index (χ0v) is 15.0. The minimum atomic E-state index is 0.0610. The average molecular weight is 345 g/mol. The van der Waals surface area contributed by atoms with E-state index < -0.39 is 0 Å². The number of hydrogen-bond donors (Lipinski definition) is 1. The van der Waals surface area contributed by atoms with E-state index in [9.17, 15) is 9.59 Å². The zero-order chi connectivity index (χ0) is 17.8. The molecule has 6 heteroatoms. The first kappa shape index (κ1) is 17.7. The molecule has 25 heavy (non-hydrogen) atoms. The molecule has 1 saturated carbocycles. The van der Waals surface area contributed by atoms with Gasteiger partial charge in [-0.3, -0.25) is 14.5 Å². The molecule has 0 bridgehead atoms. The van der Waals surface area contributed by atoms with Crippen LogP contribution in [0.5, 0.6) is 5.75 Å². The Bertz CT molecular complexity index is 626. The number of nitrogens with zero attached hydrogens (tertiary/aromatic N) is 2. The number of benzene rings is 1. The number of nitrogens with one attached hydrogen (secondary N) is 1. The van der Waals surface area contributed by atoms with Crippen LogP contribution in [0.15, 0.2) is 24.3 Å². The lowest BCUT2D eigenvalue weighted by atomic mass is 10.1. The van der Waals surface area contributed by atoms with Crippen molar-refractivity contribution in [3.63, 3.8) is 0 Å². The molecule has 136 valence electrons. The standard InChI is InChI=1S/C19H27N3O3/c1-14(23)22-11-9-21(10-12-22)8-7-20-19(24)17-13-16(17)15-5-3-4-6-18(15)25-2/h3-6,16-17H,7-13H2,1-2H3,(H,20,24)/t16-,17+/m0/s1. The highest BCUT2D eigenvalue weighted by Crippen LogP contribution is 2.50. The molecule has 2 atom stereocenters. The third kappa shape index (κ3) is 4.31. The molecule has 1 saturated heterocycles. The molecule has 6 nitrogen and oxygen atoms in total. The van der Waals surface area contributed by atoms with Gasteiger partial charge in [0.05, 0.1) is 7.11 Å². The van der Waals surface area contributed by atoms with Crippen LogP contribution in [0.3, 0.4) is 0 Å². The van der Waals surface area contributed by atoms with Gasteiger partial charge in [0.2, 0.25) is 11.8 Å². The summed E-state index contributed by atoms with van der Waals surface area (Å²) in [7, 11) is 1.67. The second kappa shape index (κ2) is 7.87. The minimum absolute atomic E-state index is 0.0610. The number of piperazine rings is 1. The molecule has 1 aromatic rings. The van der Waals surface area contributed by atoms with Crippen molar-refractivity contribution in [3.05, 3.63) is 29.8 Å². The highest BCUT2D eigenvalue weighted by molar-refractivity contribution is 5.83. The van der Waals surface area contributed by atoms with Crippen molar-refractivity contribution in [1.29, 1.82) is 0 Å². The Labute approximate surface area is 149 Å². The molecular weight excluding hydrogens is 318 g/mol. The van der Waals surface area contributed by atoms with Gasteiger partial charge < -0.3 is 15.0 Å². The van der Waals surface area contributed by atoms with E-state index in [2.05, 4.69) is 10.2 Å². The molecular formula is C19H27N3O3. The second-order valence-electron chi connectivity index (χ2n) is 6.83. The summed E-state index contributed by atoms with van der Waals surface area (Å²) in [6, 6.07) is 7.94. The first-order valence-corrected chi connectivity index (χ1v) is 8.98. The maximum Gasteiger partial charge on any atom is 0.223 e. The summed E-state index contributed by atoms with van der Waals surface area (Å²) >= 11 is 0. The molecule has 1 aliphatic heterocycles. The number of carbonyl (C=O) groups excluding carboxylic acids is 2. The van der Waals surface area contributed by atoms with E-state index in [0.29, 0.717) is 6.54 Å². The fraction of sp³-hybridized carbons (Fsp3) is 0.579. The molecule has 0 aromatic heterocycles. The van der Waals surface area contributed by atoms with Crippen molar-refractivity contribution in [1.82, 2.24) is 15.1 Å². The van der Waals surface area contributed by atoms with Crippen LogP contribution < -0.4 is 10.1 Å². The number of hydrogen-bond acceptors (Lipinski definition) is 4. The molecule has 1 heterocycles. The van der Waals surface area contributed by atoms with Crippen molar-refractivity contribution < 1.29 is 14.3 Å². The van der Waals surface area contributed by atoms with Gasteiger partial charge in [-0.05, 0) is 24.0 Å². The second-order valence-corrected chi connectivity index (χ2v) is 6.83. The lowest BCUT2D eigenvalue weighted by molar-refractivity contribution is -0.130. The summed E-state index contributed by atoms with van der Waals surface area (Å²) in [6.45, 7) is 6.43. The molecule has 3 rings (SSSR count). The molecule has 2 amide bonds. The summed E-state index contributed by atoms with van der Waals surface area (Å²) in [4.78, 5) is 27.8. The first-order chi connectivity index (χ1) is 12.1. The average Bonchev–Trinajstić information content (AvgIpc) is 3.42. The Hall–Kier alpha value is -2.08. The summed E-state index contributed by atoms with van der Waals surface area (Å²) in [5.41, 5.74) is 1.13. The highest BCUT2D eigenvalue weighted by Gasteiger charge is 2.45. The third-order valence-electron chi connectivity index (χ3n) is 5.21. The SMILES string of the molecule is COc1ccccc1[C@@H]1C[C@H]1C(=O)NCCN1CCN(C(C)=O)CC1. The fourth-order valence-electron chi connectivity index (χ4n) is 3.56. The Balaban J connectivity index is 1.39. The van der Waals surface area contributed by atoms with Crippen molar-refractivity contribution >= 4 is 11.8 Å². The van der Waals surface area contributed by atoms with Crippen molar-refractivity contribution in [2.45, 2.75) is 19.3 Å². The molecule has 2 fully saturated rings. The largest absolute Gasteiger partial charge is 0.496 e. The molecule has 1 aliphatic carbocycles. The Morgan fingerprint density at radius 2 is 1.92 bits per heavy atom. The van der Waals surface area contributed by atoms with Gasteiger partial charge in [-0.1, -0.05) is 18.2 Å². The van der Waals surface area contributed by atoms with Crippen LogP contribution >= 0.6 is 0 Å². The number of carbonyl (C=O) groups is 2. The van der Waals surface area contributed by atoms with Crippen LogP contribution in [0.4, 0.5) is 0 Å². The molecule has 0 radical (unpaired) electrons. The minimum Gasteiger partial charge on any atom is -0.496 e. The van der Waals surface area contributed by atoms with Crippen LogP contribution in [0.1, 0.15) is 24.8 Å².